The predicted molar refractivity (Wildman–Crippen MR) is 85.3 cm³/mol. The van der Waals surface area contributed by atoms with Crippen LogP contribution in [0.2, 0.25) is 0 Å². The van der Waals surface area contributed by atoms with Crippen molar-refractivity contribution in [1.82, 2.24) is 9.55 Å². The van der Waals surface area contributed by atoms with E-state index in [0.29, 0.717) is 5.69 Å². The third-order valence-electron chi connectivity index (χ3n) is 3.27. The van der Waals surface area contributed by atoms with Gasteiger partial charge in [-0.25, -0.2) is 4.98 Å². The lowest BCUT2D eigenvalue weighted by atomic mass is 10.1. The van der Waals surface area contributed by atoms with Crippen LogP contribution in [-0.2, 0) is 0 Å². The molecule has 0 fully saturated rings. The van der Waals surface area contributed by atoms with Crippen molar-refractivity contribution in [3.05, 3.63) is 64.9 Å². The zero-order valence-electron chi connectivity index (χ0n) is 11.8. The number of anilines is 1. The van der Waals surface area contributed by atoms with Crippen LogP contribution < -0.4 is 5.32 Å². The fourth-order valence-corrected chi connectivity index (χ4v) is 2.91. The number of hydrogen-bond acceptors (Lipinski definition) is 3. The summed E-state index contributed by atoms with van der Waals surface area (Å²) in [4.78, 5) is 16.7. The molecule has 5 heteroatoms. The van der Waals surface area contributed by atoms with Crippen LogP contribution in [0.25, 0.3) is 5.13 Å². The van der Waals surface area contributed by atoms with Crippen LogP contribution in [0, 0.1) is 13.8 Å². The lowest BCUT2D eigenvalue weighted by Crippen LogP contribution is -2.14. The molecule has 0 spiro atoms. The van der Waals surface area contributed by atoms with Gasteiger partial charge in [0.1, 0.15) is 5.69 Å². The molecule has 0 saturated heterocycles. The van der Waals surface area contributed by atoms with E-state index in [0.717, 1.165) is 21.9 Å². The molecule has 1 N–H and O–H groups in total. The lowest BCUT2D eigenvalue weighted by Gasteiger charge is -2.10. The van der Waals surface area contributed by atoms with Gasteiger partial charge in [0.15, 0.2) is 5.13 Å². The number of aromatic nitrogens is 2. The second kappa shape index (κ2) is 5.54. The van der Waals surface area contributed by atoms with E-state index in [9.17, 15) is 4.79 Å². The molecule has 0 aliphatic carbocycles. The Bertz CT molecular complexity index is 754. The molecule has 0 unspecified atom stereocenters. The van der Waals surface area contributed by atoms with E-state index in [2.05, 4.69) is 10.3 Å². The normalized spacial score (nSPS) is 10.6. The molecule has 3 rings (SSSR count). The summed E-state index contributed by atoms with van der Waals surface area (Å²) in [5, 5.41) is 5.51. The van der Waals surface area contributed by atoms with Crippen LogP contribution in [-0.4, -0.2) is 15.5 Å². The van der Waals surface area contributed by atoms with E-state index in [4.69, 9.17) is 0 Å². The van der Waals surface area contributed by atoms with Gasteiger partial charge in [0.05, 0.1) is 0 Å². The number of rotatable bonds is 3. The number of benzene rings is 1. The Morgan fingerprint density at radius 1 is 1.14 bits per heavy atom. The van der Waals surface area contributed by atoms with Crippen LogP contribution in [0.3, 0.4) is 0 Å². The minimum absolute atomic E-state index is 0.179. The molecule has 1 amide bonds. The van der Waals surface area contributed by atoms with Gasteiger partial charge in [-0.2, -0.15) is 0 Å². The number of aryl methyl sites for hydroxylation is 2. The predicted octanol–water partition coefficient (Wildman–Crippen LogP) is 3.80. The average Bonchev–Trinajstić information content (AvgIpc) is 3.12. The topological polar surface area (TPSA) is 46.9 Å². The molecule has 0 saturated carbocycles. The van der Waals surface area contributed by atoms with E-state index in [1.807, 2.05) is 61.1 Å². The molecule has 106 valence electrons. The van der Waals surface area contributed by atoms with E-state index < -0.39 is 0 Å². The Labute approximate surface area is 127 Å². The number of nitrogens with one attached hydrogen (secondary N) is 1. The highest BCUT2D eigenvalue weighted by molar-refractivity contribution is 7.12. The first kappa shape index (κ1) is 13.6. The van der Waals surface area contributed by atoms with Gasteiger partial charge >= 0.3 is 0 Å². The second-order valence-corrected chi connectivity index (χ2v) is 5.66. The number of carbonyl (C=O) groups is 1. The van der Waals surface area contributed by atoms with E-state index in [-0.39, 0.29) is 5.91 Å². The summed E-state index contributed by atoms with van der Waals surface area (Å²) in [6.07, 6.45) is 3.82. The van der Waals surface area contributed by atoms with Crippen LogP contribution in [0.5, 0.6) is 0 Å². The number of para-hydroxylation sites is 1. The molecule has 3 aromatic rings. The van der Waals surface area contributed by atoms with E-state index in [1.165, 1.54) is 11.3 Å². The van der Waals surface area contributed by atoms with Crippen molar-refractivity contribution in [2.45, 2.75) is 13.8 Å². The maximum atomic E-state index is 12.3. The molecule has 2 aromatic heterocycles. The number of amides is 1. The second-order valence-electron chi connectivity index (χ2n) is 4.83. The summed E-state index contributed by atoms with van der Waals surface area (Å²) in [6, 6.07) is 9.80. The van der Waals surface area contributed by atoms with Gasteiger partial charge < -0.3 is 9.88 Å². The van der Waals surface area contributed by atoms with Crippen molar-refractivity contribution >= 4 is 22.9 Å². The third-order valence-corrected chi connectivity index (χ3v) is 4.12. The zero-order valence-corrected chi connectivity index (χ0v) is 12.6. The average molecular weight is 297 g/mol. The number of nitrogens with zero attached hydrogens (tertiary/aromatic N) is 2. The Morgan fingerprint density at radius 3 is 2.48 bits per heavy atom. The largest absolute Gasteiger partial charge is 0.320 e. The van der Waals surface area contributed by atoms with Gasteiger partial charge in [-0.3, -0.25) is 4.79 Å². The number of thiazole rings is 1. The van der Waals surface area contributed by atoms with E-state index >= 15 is 0 Å². The minimum atomic E-state index is -0.179. The fourth-order valence-electron chi connectivity index (χ4n) is 2.14. The van der Waals surface area contributed by atoms with Crippen LogP contribution >= 0.6 is 11.3 Å². The zero-order chi connectivity index (χ0) is 14.8. The maximum absolute atomic E-state index is 12.3. The van der Waals surface area contributed by atoms with Gasteiger partial charge in [0.25, 0.3) is 5.91 Å². The first-order valence-electron chi connectivity index (χ1n) is 6.61. The molecule has 0 bridgehead atoms. The molecule has 0 atom stereocenters. The van der Waals surface area contributed by atoms with Crippen LogP contribution in [0.4, 0.5) is 5.69 Å². The molecular formula is C16H15N3OS. The Kier molecular flexibility index (Phi) is 3.58. The number of carbonyl (C=O) groups excluding carboxylic acids is 1. The van der Waals surface area contributed by atoms with Crippen molar-refractivity contribution in [3.63, 3.8) is 0 Å². The van der Waals surface area contributed by atoms with E-state index in [1.54, 1.807) is 5.38 Å². The Balaban J connectivity index is 1.83. The molecule has 4 nitrogen and oxygen atoms in total. The maximum Gasteiger partial charge on any atom is 0.275 e. The number of hydrogen-bond donors (Lipinski definition) is 1. The molecule has 0 aliphatic heterocycles. The quantitative estimate of drug-likeness (QED) is 0.799. The highest BCUT2D eigenvalue weighted by Gasteiger charge is 2.13. The summed E-state index contributed by atoms with van der Waals surface area (Å²) in [5.74, 6) is -0.179. The van der Waals surface area contributed by atoms with Crippen molar-refractivity contribution in [3.8, 4) is 5.13 Å². The molecule has 2 heterocycles. The highest BCUT2D eigenvalue weighted by atomic mass is 32.1. The SMILES string of the molecule is Cc1cccc(C)c1NC(=O)c1csc(-n2cccc2)n1. The first-order valence-corrected chi connectivity index (χ1v) is 7.49. The highest BCUT2D eigenvalue weighted by Crippen LogP contribution is 2.21. The molecule has 1 aromatic carbocycles. The van der Waals surface area contributed by atoms with Gasteiger partial charge in [0, 0.05) is 23.5 Å². The van der Waals surface area contributed by atoms with Crippen molar-refractivity contribution < 1.29 is 4.79 Å². The third kappa shape index (κ3) is 2.73. The Hall–Kier alpha value is -2.40. The first-order chi connectivity index (χ1) is 10.1. The van der Waals surface area contributed by atoms with Crippen molar-refractivity contribution in [2.24, 2.45) is 0 Å². The van der Waals surface area contributed by atoms with Crippen LogP contribution in [0.1, 0.15) is 21.6 Å². The fraction of sp³-hybridized carbons (Fsp3) is 0.125. The summed E-state index contributed by atoms with van der Waals surface area (Å²) in [5.41, 5.74) is 3.39. The summed E-state index contributed by atoms with van der Waals surface area (Å²) in [6.45, 7) is 3.96. The van der Waals surface area contributed by atoms with Crippen molar-refractivity contribution in [2.75, 3.05) is 5.32 Å². The lowest BCUT2D eigenvalue weighted by molar-refractivity contribution is 0.102. The van der Waals surface area contributed by atoms with Gasteiger partial charge in [-0.15, -0.1) is 11.3 Å². The molecule has 0 aliphatic rings. The van der Waals surface area contributed by atoms with Crippen molar-refractivity contribution in [1.29, 1.82) is 0 Å². The molecule has 0 radical (unpaired) electrons. The minimum Gasteiger partial charge on any atom is -0.320 e. The monoisotopic (exact) mass is 297 g/mol. The smallest absolute Gasteiger partial charge is 0.275 e. The molecular weight excluding hydrogens is 282 g/mol. The van der Waals surface area contributed by atoms with Crippen LogP contribution in [0.15, 0.2) is 48.1 Å². The summed E-state index contributed by atoms with van der Waals surface area (Å²) >= 11 is 1.45. The summed E-state index contributed by atoms with van der Waals surface area (Å²) < 4.78 is 1.89. The Morgan fingerprint density at radius 2 is 1.81 bits per heavy atom. The summed E-state index contributed by atoms with van der Waals surface area (Å²) in [7, 11) is 0. The molecule has 21 heavy (non-hydrogen) atoms. The van der Waals surface area contributed by atoms with Gasteiger partial charge in [-0.1, -0.05) is 18.2 Å². The van der Waals surface area contributed by atoms with Gasteiger partial charge in [0.2, 0.25) is 0 Å². The standard InChI is InChI=1S/C16H15N3OS/c1-11-6-5-7-12(2)14(11)18-15(20)13-10-21-16(17-13)19-8-3-4-9-19/h3-10H,1-2H3,(H,18,20). The van der Waals surface area contributed by atoms with Gasteiger partial charge in [-0.05, 0) is 37.1 Å².